The summed E-state index contributed by atoms with van der Waals surface area (Å²) in [4.78, 5) is 16.2. The number of hydrogen-bond acceptors (Lipinski definition) is 4. The lowest BCUT2D eigenvalue weighted by atomic mass is 10.4. The van der Waals surface area contributed by atoms with Crippen LogP contribution in [0.1, 0.15) is 9.67 Å². The highest BCUT2D eigenvalue weighted by Crippen LogP contribution is 2.34. The van der Waals surface area contributed by atoms with E-state index in [0.29, 0.717) is 4.88 Å². The molecule has 0 aliphatic carbocycles. The third kappa shape index (κ3) is 2.85. The van der Waals surface area contributed by atoms with Gasteiger partial charge in [0.25, 0.3) is 0 Å². The zero-order valence-corrected chi connectivity index (χ0v) is 11.8. The molecule has 0 saturated heterocycles. The fourth-order valence-electron chi connectivity index (χ4n) is 1.04. The van der Waals surface area contributed by atoms with Gasteiger partial charge in [-0.2, -0.15) is 0 Å². The lowest BCUT2D eigenvalue weighted by Gasteiger charge is -1.97. The normalized spacial score (nSPS) is 10.4. The Morgan fingerprint density at radius 3 is 2.94 bits per heavy atom. The molecule has 16 heavy (non-hydrogen) atoms. The highest BCUT2D eigenvalue weighted by molar-refractivity contribution is 9.10. The second-order valence-electron chi connectivity index (χ2n) is 2.81. The van der Waals surface area contributed by atoms with Crippen molar-refractivity contribution in [2.24, 2.45) is 0 Å². The van der Waals surface area contributed by atoms with Crippen molar-refractivity contribution in [2.75, 3.05) is 0 Å². The van der Waals surface area contributed by atoms with Crippen molar-refractivity contribution in [3.63, 3.8) is 0 Å². The van der Waals surface area contributed by atoms with Crippen LogP contribution in [0.15, 0.2) is 38.0 Å². The van der Waals surface area contributed by atoms with Crippen LogP contribution < -0.4 is 0 Å². The van der Waals surface area contributed by atoms with Crippen molar-refractivity contribution in [1.29, 1.82) is 0 Å². The minimum Gasteiger partial charge on any atom is -0.297 e. The van der Waals surface area contributed by atoms with Gasteiger partial charge in [-0.15, -0.1) is 11.3 Å². The van der Waals surface area contributed by atoms with E-state index in [9.17, 15) is 4.79 Å². The summed E-state index contributed by atoms with van der Waals surface area (Å²) in [5.74, 6) is 0. The Bertz CT molecular complexity index is 529. The van der Waals surface area contributed by atoms with E-state index in [1.165, 1.54) is 23.1 Å². The Labute approximate surface area is 114 Å². The van der Waals surface area contributed by atoms with Crippen LogP contribution in [0.25, 0.3) is 0 Å². The van der Waals surface area contributed by atoms with Gasteiger partial charge >= 0.3 is 0 Å². The molecule has 2 nitrogen and oxygen atoms in total. The Hall–Kier alpha value is -0.360. The van der Waals surface area contributed by atoms with Gasteiger partial charge in [0.2, 0.25) is 0 Å². The zero-order chi connectivity index (χ0) is 11.5. The zero-order valence-electron chi connectivity index (χ0n) is 7.81. The molecule has 0 radical (unpaired) electrons. The number of aromatic nitrogens is 1. The van der Waals surface area contributed by atoms with Crippen LogP contribution in [-0.2, 0) is 0 Å². The molecule has 0 atom stereocenters. The fraction of sp³-hybridized carbons (Fsp3) is 0. The van der Waals surface area contributed by atoms with E-state index in [2.05, 4.69) is 20.9 Å². The van der Waals surface area contributed by atoms with Crippen LogP contribution in [-0.4, -0.2) is 11.3 Å². The summed E-state index contributed by atoms with van der Waals surface area (Å²) in [6, 6.07) is 7.86. The van der Waals surface area contributed by atoms with Crippen LogP contribution in [0.3, 0.4) is 0 Å². The summed E-state index contributed by atoms with van der Waals surface area (Å²) in [6.07, 6.45) is 0.727. The fourth-order valence-corrected chi connectivity index (χ4v) is 3.84. The maximum absolute atomic E-state index is 10.6. The number of nitrogens with zero attached hydrogens (tertiary/aromatic N) is 1. The first-order valence-corrected chi connectivity index (χ1v) is 7.04. The number of aldehydes is 1. The summed E-state index contributed by atoms with van der Waals surface area (Å²) < 4.78 is 1.78. The van der Waals surface area contributed by atoms with Gasteiger partial charge in [0.1, 0.15) is 4.88 Å². The molecular formula is C10H5BrClNOS2. The van der Waals surface area contributed by atoms with E-state index < -0.39 is 0 Å². The first kappa shape index (κ1) is 12.1. The van der Waals surface area contributed by atoms with Crippen LogP contribution in [0.2, 0.25) is 5.15 Å². The van der Waals surface area contributed by atoms with Gasteiger partial charge in [-0.05, 0) is 18.2 Å². The first-order chi connectivity index (χ1) is 7.69. The topological polar surface area (TPSA) is 30.0 Å². The molecule has 0 N–H and O–H groups in total. The number of thiazole rings is 1. The first-order valence-electron chi connectivity index (χ1n) is 4.24. The molecule has 0 unspecified atom stereocenters. The van der Waals surface area contributed by atoms with Crippen molar-refractivity contribution < 1.29 is 4.79 Å². The summed E-state index contributed by atoms with van der Waals surface area (Å²) in [5, 5.41) is 0.275. The molecule has 2 rings (SSSR count). The molecule has 1 aromatic carbocycles. The Kier molecular flexibility index (Phi) is 4.02. The summed E-state index contributed by atoms with van der Waals surface area (Å²) in [5.41, 5.74) is 0. The van der Waals surface area contributed by atoms with Crippen molar-refractivity contribution in [1.82, 2.24) is 4.98 Å². The quantitative estimate of drug-likeness (QED) is 0.773. The average molecular weight is 335 g/mol. The van der Waals surface area contributed by atoms with Crippen molar-refractivity contribution in [3.8, 4) is 0 Å². The number of hydrogen-bond donors (Lipinski definition) is 0. The van der Waals surface area contributed by atoms with Gasteiger partial charge < -0.3 is 0 Å². The molecule has 0 bridgehead atoms. The van der Waals surface area contributed by atoms with Gasteiger partial charge in [0.15, 0.2) is 15.8 Å². The molecule has 0 amide bonds. The van der Waals surface area contributed by atoms with Crippen molar-refractivity contribution in [3.05, 3.63) is 38.8 Å². The maximum Gasteiger partial charge on any atom is 0.163 e. The Balaban J connectivity index is 2.23. The molecule has 0 fully saturated rings. The molecular weight excluding hydrogens is 330 g/mol. The van der Waals surface area contributed by atoms with E-state index in [-0.39, 0.29) is 5.15 Å². The van der Waals surface area contributed by atoms with E-state index in [1.807, 2.05) is 24.3 Å². The molecule has 0 saturated carbocycles. The summed E-state index contributed by atoms with van der Waals surface area (Å²) in [6.45, 7) is 0. The van der Waals surface area contributed by atoms with Crippen LogP contribution >= 0.6 is 50.6 Å². The SMILES string of the molecule is O=Cc1sc(Sc2cccc(Br)c2)nc1Cl. The number of carbonyl (C=O) groups excluding carboxylic acids is 1. The molecule has 6 heteroatoms. The van der Waals surface area contributed by atoms with Gasteiger partial charge in [-0.3, -0.25) is 4.79 Å². The number of halogens is 2. The third-order valence-corrected chi connectivity index (χ3v) is 4.62. The predicted molar refractivity (Wildman–Crippen MR) is 70.8 cm³/mol. The summed E-state index contributed by atoms with van der Waals surface area (Å²) >= 11 is 12.0. The van der Waals surface area contributed by atoms with Crippen LogP contribution in [0.4, 0.5) is 0 Å². The van der Waals surface area contributed by atoms with Crippen molar-refractivity contribution in [2.45, 2.75) is 9.24 Å². The number of benzene rings is 1. The molecule has 1 aromatic heterocycles. The van der Waals surface area contributed by atoms with Gasteiger partial charge in [0.05, 0.1) is 0 Å². The lowest BCUT2D eigenvalue weighted by Crippen LogP contribution is -1.72. The van der Waals surface area contributed by atoms with Gasteiger partial charge in [0, 0.05) is 9.37 Å². The maximum atomic E-state index is 10.6. The average Bonchev–Trinajstić information content (AvgIpc) is 2.58. The van der Waals surface area contributed by atoms with E-state index in [4.69, 9.17) is 11.6 Å². The molecule has 82 valence electrons. The molecule has 2 aromatic rings. The monoisotopic (exact) mass is 333 g/mol. The smallest absolute Gasteiger partial charge is 0.163 e. The molecule has 1 heterocycles. The predicted octanol–water partition coefficient (Wildman–Crippen LogP) is 4.52. The van der Waals surface area contributed by atoms with Crippen LogP contribution in [0, 0.1) is 0 Å². The molecule has 0 spiro atoms. The molecule has 0 aliphatic rings. The van der Waals surface area contributed by atoms with E-state index >= 15 is 0 Å². The molecule has 0 aliphatic heterocycles. The summed E-state index contributed by atoms with van der Waals surface area (Å²) in [7, 11) is 0. The minimum atomic E-state index is 0.275. The minimum absolute atomic E-state index is 0.275. The largest absolute Gasteiger partial charge is 0.297 e. The van der Waals surface area contributed by atoms with E-state index in [1.54, 1.807) is 0 Å². The lowest BCUT2D eigenvalue weighted by molar-refractivity contribution is 0.112. The highest BCUT2D eigenvalue weighted by Gasteiger charge is 2.09. The van der Waals surface area contributed by atoms with Gasteiger partial charge in [-0.1, -0.05) is 45.4 Å². The van der Waals surface area contributed by atoms with Crippen molar-refractivity contribution >= 4 is 56.9 Å². The van der Waals surface area contributed by atoms with E-state index in [0.717, 1.165) is 20.0 Å². The number of carbonyl (C=O) groups is 1. The van der Waals surface area contributed by atoms with Crippen LogP contribution in [0.5, 0.6) is 0 Å². The highest BCUT2D eigenvalue weighted by atomic mass is 79.9. The Morgan fingerprint density at radius 2 is 2.31 bits per heavy atom. The Morgan fingerprint density at radius 1 is 1.50 bits per heavy atom. The standard InChI is InChI=1S/C10H5BrClNOS2/c11-6-2-1-3-7(4-6)15-10-13-9(12)8(5-14)16-10/h1-5H. The second-order valence-corrected chi connectivity index (χ2v) is 6.44. The third-order valence-electron chi connectivity index (χ3n) is 1.70. The van der Waals surface area contributed by atoms with Gasteiger partial charge in [-0.25, -0.2) is 4.98 Å². The second kappa shape index (κ2) is 5.31. The number of rotatable bonds is 3.